The average Bonchev–Trinajstić information content (AvgIpc) is 2.06. The van der Waals surface area contributed by atoms with Crippen LogP contribution in [0.4, 0.5) is 0 Å². The third-order valence-corrected chi connectivity index (χ3v) is 2.35. The Hall–Kier alpha value is -0.530. The largest absolute Gasteiger partial charge is 0.293 e. The first-order valence-electron chi connectivity index (χ1n) is 4.04. The van der Waals surface area contributed by atoms with E-state index >= 15 is 0 Å². The van der Waals surface area contributed by atoms with Gasteiger partial charge in [-0.2, -0.15) is 0 Å². The van der Waals surface area contributed by atoms with Crippen LogP contribution >= 0.6 is 11.6 Å². The standard InChI is InChI=1S/C10H14ClN/c1-12(2)10(11)8-9-6-4-3-5-7-9/h3-7,10H,8H2,1-2H3. The molecule has 0 radical (unpaired) electrons. The van der Waals surface area contributed by atoms with E-state index in [1.165, 1.54) is 5.56 Å². The Morgan fingerprint density at radius 1 is 1.25 bits per heavy atom. The summed E-state index contributed by atoms with van der Waals surface area (Å²) in [5.74, 6) is 0. The van der Waals surface area contributed by atoms with Crippen LogP contribution < -0.4 is 0 Å². The van der Waals surface area contributed by atoms with E-state index in [1.54, 1.807) is 0 Å². The SMILES string of the molecule is CN(C)C(Cl)Cc1ccccc1. The van der Waals surface area contributed by atoms with Gasteiger partial charge in [-0.1, -0.05) is 30.3 Å². The Labute approximate surface area is 79.0 Å². The molecule has 2 heteroatoms. The van der Waals surface area contributed by atoms with E-state index in [0.29, 0.717) is 0 Å². The summed E-state index contributed by atoms with van der Waals surface area (Å²) in [4.78, 5) is 2.01. The maximum absolute atomic E-state index is 6.08. The molecule has 0 amide bonds. The van der Waals surface area contributed by atoms with Gasteiger partial charge >= 0.3 is 0 Å². The van der Waals surface area contributed by atoms with Crippen LogP contribution in [0.3, 0.4) is 0 Å². The lowest BCUT2D eigenvalue weighted by Gasteiger charge is -2.17. The maximum atomic E-state index is 6.08. The van der Waals surface area contributed by atoms with Crippen LogP contribution in [-0.4, -0.2) is 24.5 Å². The number of halogens is 1. The first kappa shape index (κ1) is 9.56. The lowest BCUT2D eigenvalue weighted by atomic mass is 10.1. The van der Waals surface area contributed by atoms with Gasteiger partial charge in [-0.25, -0.2) is 0 Å². The van der Waals surface area contributed by atoms with E-state index < -0.39 is 0 Å². The summed E-state index contributed by atoms with van der Waals surface area (Å²) in [7, 11) is 3.97. The highest BCUT2D eigenvalue weighted by Crippen LogP contribution is 2.09. The molecule has 12 heavy (non-hydrogen) atoms. The van der Waals surface area contributed by atoms with E-state index in [4.69, 9.17) is 11.6 Å². The zero-order valence-corrected chi connectivity index (χ0v) is 8.25. The fourth-order valence-corrected chi connectivity index (χ4v) is 1.17. The molecule has 0 bridgehead atoms. The third kappa shape index (κ3) is 2.84. The predicted molar refractivity (Wildman–Crippen MR) is 53.5 cm³/mol. The number of hydrogen-bond acceptors (Lipinski definition) is 1. The van der Waals surface area contributed by atoms with Crippen molar-refractivity contribution in [2.75, 3.05) is 14.1 Å². The van der Waals surface area contributed by atoms with Crippen molar-refractivity contribution in [3.05, 3.63) is 35.9 Å². The number of nitrogens with zero attached hydrogens (tertiary/aromatic N) is 1. The molecular formula is C10H14ClN. The molecule has 0 N–H and O–H groups in total. The highest BCUT2D eigenvalue weighted by atomic mass is 35.5. The van der Waals surface area contributed by atoms with Crippen LogP contribution in [0.25, 0.3) is 0 Å². The summed E-state index contributed by atoms with van der Waals surface area (Å²) in [6.07, 6.45) is 0.898. The molecule has 0 aromatic heterocycles. The minimum absolute atomic E-state index is 0.0902. The van der Waals surface area contributed by atoms with Crippen molar-refractivity contribution in [3.63, 3.8) is 0 Å². The van der Waals surface area contributed by atoms with Gasteiger partial charge in [0.1, 0.15) is 0 Å². The summed E-state index contributed by atoms with van der Waals surface area (Å²) in [6, 6.07) is 10.3. The van der Waals surface area contributed by atoms with Crippen molar-refractivity contribution < 1.29 is 0 Å². The van der Waals surface area contributed by atoms with Gasteiger partial charge in [-0.3, -0.25) is 4.90 Å². The van der Waals surface area contributed by atoms with Gasteiger partial charge < -0.3 is 0 Å². The monoisotopic (exact) mass is 183 g/mol. The molecule has 1 atom stereocenters. The van der Waals surface area contributed by atoms with Gasteiger partial charge in [-0.15, -0.1) is 11.6 Å². The Morgan fingerprint density at radius 2 is 1.83 bits per heavy atom. The molecular weight excluding hydrogens is 170 g/mol. The van der Waals surface area contributed by atoms with E-state index in [-0.39, 0.29) is 5.50 Å². The normalized spacial score (nSPS) is 13.3. The molecule has 1 unspecified atom stereocenters. The van der Waals surface area contributed by atoms with Crippen LogP contribution in [-0.2, 0) is 6.42 Å². The first-order chi connectivity index (χ1) is 5.70. The Balaban J connectivity index is 2.53. The Bertz CT molecular complexity index is 221. The Kier molecular flexibility index (Phi) is 3.57. The van der Waals surface area contributed by atoms with Crippen LogP contribution in [0, 0.1) is 0 Å². The second kappa shape index (κ2) is 4.48. The molecule has 0 saturated carbocycles. The van der Waals surface area contributed by atoms with Crippen LogP contribution in [0.1, 0.15) is 5.56 Å². The molecule has 0 saturated heterocycles. The summed E-state index contributed by atoms with van der Waals surface area (Å²) >= 11 is 6.08. The molecule has 0 aliphatic carbocycles. The van der Waals surface area contributed by atoms with Crippen molar-refractivity contribution in [1.29, 1.82) is 0 Å². The molecule has 1 aromatic rings. The van der Waals surface area contributed by atoms with Crippen molar-refractivity contribution in [2.45, 2.75) is 11.9 Å². The summed E-state index contributed by atoms with van der Waals surface area (Å²) in [5, 5.41) is 0. The van der Waals surface area contributed by atoms with Crippen molar-refractivity contribution >= 4 is 11.6 Å². The second-order valence-corrected chi connectivity index (χ2v) is 3.59. The third-order valence-electron chi connectivity index (χ3n) is 1.81. The second-order valence-electron chi connectivity index (χ2n) is 3.09. The lowest BCUT2D eigenvalue weighted by molar-refractivity contribution is 0.374. The van der Waals surface area contributed by atoms with E-state index in [2.05, 4.69) is 12.1 Å². The number of hydrogen-bond donors (Lipinski definition) is 0. The number of likely N-dealkylation sites (N-methyl/N-ethyl adjacent to an activating group) is 1. The molecule has 0 spiro atoms. The highest BCUT2D eigenvalue weighted by Gasteiger charge is 2.06. The first-order valence-corrected chi connectivity index (χ1v) is 4.48. The van der Waals surface area contributed by atoms with Crippen molar-refractivity contribution in [3.8, 4) is 0 Å². The molecule has 66 valence electrons. The summed E-state index contributed by atoms with van der Waals surface area (Å²) in [5.41, 5.74) is 1.37. The van der Waals surface area contributed by atoms with Gasteiger partial charge in [-0.05, 0) is 19.7 Å². The molecule has 1 rings (SSSR count). The summed E-state index contributed by atoms with van der Waals surface area (Å²) < 4.78 is 0. The molecule has 0 aliphatic heterocycles. The zero-order chi connectivity index (χ0) is 8.97. The highest BCUT2D eigenvalue weighted by molar-refractivity contribution is 6.20. The number of rotatable bonds is 3. The molecule has 1 nitrogen and oxygen atoms in total. The summed E-state index contributed by atoms with van der Waals surface area (Å²) in [6.45, 7) is 0. The molecule has 0 heterocycles. The maximum Gasteiger partial charge on any atom is 0.0886 e. The average molecular weight is 184 g/mol. The topological polar surface area (TPSA) is 3.24 Å². The van der Waals surface area contributed by atoms with Crippen LogP contribution in [0.5, 0.6) is 0 Å². The van der Waals surface area contributed by atoms with Gasteiger partial charge in [0.15, 0.2) is 0 Å². The smallest absolute Gasteiger partial charge is 0.0886 e. The Morgan fingerprint density at radius 3 is 2.33 bits per heavy atom. The van der Waals surface area contributed by atoms with E-state index in [9.17, 15) is 0 Å². The molecule has 1 aromatic carbocycles. The van der Waals surface area contributed by atoms with Crippen molar-refractivity contribution in [2.24, 2.45) is 0 Å². The fraction of sp³-hybridized carbons (Fsp3) is 0.400. The minimum atomic E-state index is 0.0902. The van der Waals surface area contributed by atoms with Gasteiger partial charge in [0.25, 0.3) is 0 Å². The van der Waals surface area contributed by atoms with E-state index in [1.807, 2.05) is 37.2 Å². The number of alkyl halides is 1. The lowest BCUT2D eigenvalue weighted by Crippen LogP contribution is -2.24. The molecule has 0 aliphatic rings. The van der Waals surface area contributed by atoms with Crippen LogP contribution in [0.15, 0.2) is 30.3 Å². The molecule has 0 fully saturated rings. The van der Waals surface area contributed by atoms with E-state index in [0.717, 1.165) is 6.42 Å². The predicted octanol–water partition coefficient (Wildman–Crippen LogP) is 2.36. The quantitative estimate of drug-likeness (QED) is 0.514. The number of benzene rings is 1. The fourth-order valence-electron chi connectivity index (χ4n) is 0.991. The van der Waals surface area contributed by atoms with Gasteiger partial charge in [0.2, 0.25) is 0 Å². The van der Waals surface area contributed by atoms with Crippen molar-refractivity contribution in [1.82, 2.24) is 4.90 Å². The zero-order valence-electron chi connectivity index (χ0n) is 7.50. The van der Waals surface area contributed by atoms with Gasteiger partial charge in [0.05, 0.1) is 5.50 Å². The minimum Gasteiger partial charge on any atom is -0.293 e. The van der Waals surface area contributed by atoms with Crippen LogP contribution in [0.2, 0.25) is 0 Å². The van der Waals surface area contributed by atoms with Gasteiger partial charge in [0, 0.05) is 6.42 Å².